The second kappa shape index (κ2) is 14.2. The number of hydrogen-bond acceptors (Lipinski definition) is 14. The van der Waals surface area contributed by atoms with Crippen molar-refractivity contribution in [3.8, 4) is 0 Å². The molecule has 0 aromatic heterocycles. The summed E-state index contributed by atoms with van der Waals surface area (Å²) in [5.41, 5.74) is 11.4. The van der Waals surface area contributed by atoms with E-state index in [9.17, 15) is 25.5 Å². The molecule has 0 spiro atoms. The van der Waals surface area contributed by atoms with Gasteiger partial charge in [-0.05, 0) is 26.2 Å². The first-order valence-electron chi connectivity index (χ1n) is 13.5. The molecular formula is C24H47N5O10. The van der Waals surface area contributed by atoms with E-state index in [1.165, 1.54) is 6.92 Å². The predicted octanol–water partition coefficient (Wildman–Crippen LogP) is -4.34. The van der Waals surface area contributed by atoms with Crippen molar-refractivity contribution in [1.29, 1.82) is 5.41 Å². The number of amidine groups is 1. The van der Waals surface area contributed by atoms with Gasteiger partial charge in [-0.25, -0.2) is 0 Å². The van der Waals surface area contributed by atoms with Gasteiger partial charge in [0.05, 0.1) is 43.6 Å². The van der Waals surface area contributed by atoms with Crippen LogP contribution in [0.5, 0.6) is 0 Å². The van der Waals surface area contributed by atoms with Crippen molar-refractivity contribution in [3.63, 3.8) is 0 Å². The number of ether oxygens (including phenoxy) is 4. The first-order valence-corrected chi connectivity index (χ1v) is 13.5. The molecule has 1 aliphatic carbocycles. The maximum absolute atomic E-state index is 11.4. The molecule has 0 amide bonds. The molecule has 0 aromatic carbocycles. The molecule has 1 saturated carbocycles. The van der Waals surface area contributed by atoms with Crippen LogP contribution in [0.3, 0.4) is 0 Å². The first-order chi connectivity index (χ1) is 18.4. The van der Waals surface area contributed by atoms with E-state index in [1.54, 1.807) is 6.92 Å². The molecule has 0 aromatic rings. The van der Waals surface area contributed by atoms with Crippen LogP contribution >= 0.6 is 0 Å². The summed E-state index contributed by atoms with van der Waals surface area (Å²) in [4.78, 5) is 0. The number of nitrogens with two attached hydrogens (primary N) is 2. The smallest absolute Gasteiger partial charge is 0.184 e. The van der Waals surface area contributed by atoms with E-state index in [2.05, 4.69) is 10.6 Å². The highest BCUT2D eigenvalue weighted by Gasteiger charge is 2.51. The van der Waals surface area contributed by atoms with Crippen LogP contribution in [0.1, 0.15) is 33.1 Å². The summed E-state index contributed by atoms with van der Waals surface area (Å²) in [6.07, 6.45) is -7.17. The molecule has 7 unspecified atom stereocenters. The summed E-state index contributed by atoms with van der Waals surface area (Å²) in [7, 11) is 0. The third-order valence-corrected chi connectivity index (χ3v) is 7.92. The van der Waals surface area contributed by atoms with E-state index in [4.69, 9.17) is 40.9 Å². The first kappa shape index (κ1) is 32.5. The monoisotopic (exact) mass is 565 g/mol. The number of hydrogen-bond donors (Lipinski definition) is 11. The SMILES string of the molecule is C[C@@H]1C(O)[C@@H](OC2C(O)C(O[C@H]3O[C@H](CNCCO)CCC3N)[C@@H](N)C[C@H]2NC(=N)C(O)CO)OCC1(C)O. The fraction of sp³-hybridized carbons (Fsp3) is 0.958. The highest BCUT2D eigenvalue weighted by Crippen LogP contribution is 2.34. The van der Waals surface area contributed by atoms with Gasteiger partial charge < -0.3 is 71.7 Å². The van der Waals surface area contributed by atoms with Crippen molar-refractivity contribution < 1.29 is 49.6 Å². The largest absolute Gasteiger partial charge is 0.395 e. The van der Waals surface area contributed by atoms with Crippen LogP contribution in [-0.2, 0) is 18.9 Å². The van der Waals surface area contributed by atoms with Crippen molar-refractivity contribution in [3.05, 3.63) is 0 Å². The molecule has 15 heteroatoms. The zero-order valence-corrected chi connectivity index (χ0v) is 22.6. The van der Waals surface area contributed by atoms with E-state index < -0.39 is 85.2 Å². The van der Waals surface area contributed by atoms with Gasteiger partial charge in [0.25, 0.3) is 0 Å². The van der Waals surface area contributed by atoms with Crippen LogP contribution in [0.4, 0.5) is 0 Å². The lowest BCUT2D eigenvalue weighted by Gasteiger charge is -2.49. The Bertz CT molecular complexity index is 782. The summed E-state index contributed by atoms with van der Waals surface area (Å²) in [6, 6.07) is -2.07. The van der Waals surface area contributed by atoms with E-state index >= 15 is 0 Å². The molecule has 3 fully saturated rings. The maximum atomic E-state index is 11.4. The molecule has 39 heavy (non-hydrogen) atoms. The van der Waals surface area contributed by atoms with E-state index in [0.717, 1.165) is 0 Å². The van der Waals surface area contributed by atoms with Gasteiger partial charge in [-0.1, -0.05) is 6.92 Å². The summed E-state index contributed by atoms with van der Waals surface area (Å²) < 4.78 is 23.8. The topological polar surface area (TPSA) is 258 Å². The molecule has 2 saturated heterocycles. The highest BCUT2D eigenvalue weighted by atomic mass is 16.7. The van der Waals surface area contributed by atoms with Crippen LogP contribution < -0.4 is 22.1 Å². The summed E-state index contributed by atoms with van der Waals surface area (Å²) in [5.74, 6) is -1.01. The third-order valence-electron chi connectivity index (χ3n) is 7.92. The Kier molecular flexibility index (Phi) is 11.8. The molecule has 15 nitrogen and oxygen atoms in total. The minimum absolute atomic E-state index is 0.00556. The fourth-order valence-electron chi connectivity index (χ4n) is 5.14. The predicted molar refractivity (Wildman–Crippen MR) is 137 cm³/mol. The number of aliphatic hydroxyl groups is 6. The molecule has 0 radical (unpaired) electrons. The molecule has 3 aliphatic rings. The van der Waals surface area contributed by atoms with Crippen LogP contribution in [-0.4, -0.2) is 142 Å². The Labute approximate surface area is 228 Å². The van der Waals surface area contributed by atoms with Crippen molar-refractivity contribution in [2.75, 3.05) is 32.9 Å². The van der Waals surface area contributed by atoms with Crippen LogP contribution in [0.25, 0.3) is 0 Å². The van der Waals surface area contributed by atoms with E-state index in [0.29, 0.717) is 25.9 Å². The molecule has 2 heterocycles. The minimum atomic E-state index is -1.48. The van der Waals surface area contributed by atoms with Crippen LogP contribution in [0, 0.1) is 11.3 Å². The second-order valence-corrected chi connectivity index (χ2v) is 11.1. The Hall–Kier alpha value is -1.05. The Morgan fingerprint density at radius 1 is 1.10 bits per heavy atom. The van der Waals surface area contributed by atoms with Crippen LogP contribution in [0.15, 0.2) is 0 Å². The van der Waals surface area contributed by atoms with Crippen molar-refractivity contribution in [1.82, 2.24) is 10.6 Å². The molecule has 3 rings (SSSR count). The normalized spacial score (nSPS) is 44.1. The van der Waals surface area contributed by atoms with Gasteiger partial charge in [-0.2, -0.15) is 0 Å². The number of rotatable bonds is 11. The van der Waals surface area contributed by atoms with Crippen molar-refractivity contribution in [2.24, 2.45) is 17.4 Å². The van der Waals surface area contributed by atoms with Crippen molar-refractivity contribution in [2.45, 2.75) is 106 Å². The van der Waals surface area contributed by atoms with Crippen molar-refractivity contribution >= 4 is 5.84 Å². The van der Waals surface area contributed by atoms with E-state index in [1.807, 2.05) is 0 Å². The molecule has 13 atom stereocenters. The van der Waals surface area contributed by atoms with Gasteiger partial charge in [-0.3, -0.25) is 5.41 Å². The molecule has 228 valence electrons. The average molecular weight is 566 g/mol. The molecule has 2 aliphatic heterocycles. The fourth-order valence-corrected chi connectivity index (χ4v) is 5.14. The van der Waals surface area contributed by atoms with Gasteiger partial charge in [-0.15, -0.1) is 0 Å². The Morgan fingerprint density at radius 2 is 1.79 bits per heavy atom. The zero-order chi connectivity index (χ0) is 28.9. The quantitative estimate of drug-likeness (QED) is 0.0643. The second-order valence-electron chi connectivity index (χ2n) is 11.1. The van der Waals surface area contributed by atoms with E-state index in [-0.39, 0.29) is 25.7 Å². The van der Waals surface area contributed by atoms with Gasteiger partial charge in [0, 0.05) is 25.0 Å². The lowest BCUT2D eigenvalue weighted by molar-refractivity contribution is -0.313. The number of nitrogens with one attached hydrogen (secondary N) is 3. The maximum Gasteiger partial charge on any atom is 0.184 e. The lowest BCUT2D eigenvalue weighted by Crippen LogP contribution is -2.68. The summed E-state index contributed by atoms with van der Waals surface area (Å²) in [6.45, 7) is 3.28. The van der Waals surface area contributed by atoms with Gasteiger partial charge >= 0.3 is 0 Å². The summed E-state index contributed by atoms with van der Waals surface area (Å²) >= 11 is 0. The third kappa shape index (κ3) is 8.03. The molecule has 13 N–H and O–H groups in total. The Morgan fingerprint density at radius 3 is 2.46 bits per heavy atom. The molecule has 0 bridgehead atoms. The van der Waals surface area contributed by atoms with Gasteiger partial charge in [0.2, 0.25) is 0 Å². The molecular weight excluding hydrogens is 518 g/mol. The minimum Gasteiger partial charge on any atom is -0.395 e. The highest BCUT2D eigenvalue weighted by molar-refractivity contribution is 5.83. The standard InChI is InChI=1S/C24H47N5O10/c1-11-17(33)23(36-10-24(11,2)35)39-20-15(29-21(27)16(32)9-31)7-14(26)19(18(20)34)38-22-13(25)4-3-12(37-22)8-28-5-6-30/h11-20,22-23,28,30-35H,3-10,25-26H2,1-2H3,(H2,27,29)/t11-,12+,13?,14+,15-,16?,17?,18?,19?,20?,22-,23-,24?/m1/s1. The average Bonchev–Trinajstić information content (AvgIpc) is 2.89. The van der Waals surface area contributed by atoms with Gasteiger partial charge in [0.1, 0.15) is 36.4 Å². The Balaban J connectivity index is 1.76. The van der Waals surface area contributed by atoms with Crippen LogP contribution in [0.2, 0.25) is 0 Å². The number of aliphatic hydroxyl groups excluding tert-OH is 5. The lowest BCUT2D eigenvalue weighted by atomic mass is 9.82. The van der Waals surface area contributed by atoms with Gasteiger partial charge in [0.15, 0.2) is 12.6 Å². The summed E-state index contributed by atoms with van der Waals surface area (Å²) in [5, 5.41) is 74.7. The zero-order valence-electron chi connectivity index (χ0n) is 22.6.